The molecule has 1 unspecified atom stereocenters. The summed E-state index contributed by atoms with van der Waals surface area (Å²) in [5.41, 5.74) is 2.20. The highest BCUT2D eigenvalue weighted by Crippen LogP contribution is 2.12. The third-order valence-electron chi connectivity index (χ3n) is 3.81. The Bertz CT molecular complexity index is 339. The van der Waals surface area contributed by atoms with E-state index in [0.29, 0.717) is 6.04 Å². The minimum absolute atomic E-state index is 0.532. The second-order valence-corrected chi connectivity index (χ2v) is 5.25. The number of aromatic nitrogens is 1. The van der Waals surface area contributed by atoms with Crippen LogP contribution in [-0.2, 0) is 6.54 Å². The van der Waals surface area contributed by atoms with Gasteiger partial charge < -0.3 is 14.7 Å². The van der Waals surface area contributed by atoms with E-state index < -0.39 is 0 Å². The zero-order valence-electron chi connectivity index (χ0n) is 13.1. The van der Waals surface area contributed by atoms with E-state index >= 15 is 0 Å². The molecule has 110 valence electrons. The minimum Gasteiger partial charge on any atom is -0.361 e. The van der Waals surface area contributed by atoms with Crippen LogP contribution < -0.4 is 5.32 Å². The Labute approximate surface area is 117 Å². The Kier molecular flexibility index (Phi) is 7.10. The summed E-state index contributed by atoms with van der Waals surface area (Å²) in [4.78, 5) is 2.47. The van der Waals surface area contributed by atoms with E-state index in [0.717, 1.165) is 31.1 Å². The van der Waals surface area contributed by atoms with Gasteiger partial charge in [-0.25, -0.2) is 0 Å². The monoisotopic (exact) mass is 267 g/mol. The van der Waals surface area contributed by atoms with Crippen molar-refractivity contribution in [2.45, 2.75) is 60.0 Å². The lowest BCUT2D eigenvalue weighted by Gasteiger charge is -2.19. The van der Waals surface area contributed by atoms with Gasteiger partial charge in [-0.1, -0.05) is 19.0 Å². The third-order valence-corrected chi connectivity index (χ3v) is 3.81. The fourth-order valence-corrected chi connectivity index (χ4v) is 2.29. The molecule has 0 bridgehead atoms. The van der Waals surface area contributed by atoms with Crippen molar-refractivity contribution in [2.24, 2.45) is 0 Å². The normalized spacial score (nSPS) is 13.2. The van der Waals surface area contributed by atoms with Crippen LogP contribution in [0.2, 0.25) is 0 Å². The van der Waals surface area contributed by atoms with E-state index in [4.69, 9.17) is 4.52 Å². The van der Waals surface area contributed by atoms with Crippen LogP contribution in [0.4, 0.5) is 0 Å². The molecule has 0 spiro atoms. The van der Waals surface area contributed by atoms with Gasteiger partial charge in [0.25, 0.3) is 0 Å². The average molecular weight is 267 g/mol. The lowest BCUT2D eigenvalue weighted by molar-refractivity contribution is 0.290. The van der Waals surface area contributed by atoms with Crippen molar-refractivity contribution in [3.05, 3.63) is 17.0 Å². The summed E-state index contributed by atoms with van der Waals surface area (Å²) >= 11 is 0. The smallest absolute Gasteiger partial charge is 0.138 e. The predicted molar refractivity (Wildman–Crippen MR) is 79.3 cm³/mol. The maximum absolute atomic E-state index is 5.17. The molecule has 0 saturated heterocycles. The Morgan fingerprint density at radius 2 is 1.95 bits per heavy atom. The van der Waals surface area contributed by atoms with Gasteiger partial charge in [0.15, 0.2) is 0 Å². The van der Waals surface area contributed by atoms with Gasteiger partial charge >= 0.3 is 0 Å². The van der Waals surface area contributed by atoms with E-state index in [9.17, 15) is 0 Å². The summed E-state index contributed by atoms with van der Waals surface area (Å²) in [6.45, 7) is 15.0. The van der Waals surface area contributed by atoms with Crippen molar-refractivity contribution in [1.29, 1.82) is 0 Å². The second-order valence-electron chi connectivity index (χ2n) is 5.25. The molecular weight excluding hydrogens is 238 g/mol. The van der Waals surface area contributed by atoms with E-state index in [1.807, 2.05) is 13.8 Å². The van der Waals surface area contributed by atoms with Crippen molar-refractivity contribution in [2.75, 3.05) is 19.6 Å². The van der Waals surface area contributed by atoms with Crippen molar-refractivity contribution in [3.63, 3.8) is 0 Å². The Hall–Kier alpha value is -0.870. The van der Waals surface area contributed by atoms with Crippen LogP contribution in [0.1, 0.15) is 50.6 Å². The molecule has 0 amide bonds. The molecule has 0 saturated carbocycles. The van der Waals surface area contributed by atoms with Crippen molar-refractivity contribution in [3.8, 4) is 0 Å². The molecule has 0 aromatic carbocycles. The molecule has 1 N–H and O–H groups in total. The number of rotatable bonds is 9. The molecule has 19 heavy (non-hydrogen) atoms. The van der Waals surface area contributed by atoms with Gasteiger partial charge in [0.05, 0.1) is 5.69 Å². The standard InChI is InChI=1S/C15H29N3O/c1-6-18(7-2)10-8-9-12(3)16-11-15-13(4)17-19-14(15)5/h12,16H,6-11H2,1-5H3. The lowest BCUT2D eigenvalue weighted by Crippen LogP contribution is -2.29. The highest BCUT2D eigenvalue weighted by Gasteiger charge is 2.10. The van der Waals surface area contributed by atoms with Gasteiger partial charge in [-0.3, -0.25) is 0 Å². The quantitative estimate of drug-likeness (QED) is 0.747. The largest absolute Gasteiger partial charge is 0.361 e. The zero-order chi connectivity index (χ0) is 14.3. The predicted octanol–water partition coefficient (Wildman–Crippen LogP) is 2.89. The van der Waals surface area contributed by atoms with E-state index in [1.54, 1.807) is 0 Å². The average Bonchev–Trinajstić information content (AvgIpc) is 2.72. The summed E-state index contributed by atoms with van der Waals surface area (Å²) in [5, 5.41) is 7.54. The molecule has 4 nitrogen and oxygen atoms in total. The summed E-state index contributed by atoms with van der Waals surface area (Å²) in [7, 11) is 0. The van der Waals surface area contributed by atoms with Crippen LogP contribution in [0.5, 0.6) is 0 Å². The molecule has 0 radical (unpaired) electrons. The van der Waals surface area contributed by atoms with Crippen LogP contribution in [0.3, 0.4) is 0 Å². The van der Waals surface area contributed by atoms with Crippen molar-refractivity contribution in [1.82, 2.24) is 15.4 Å². The lowest BCUT2D eigenvalue weighted by atomic mass is 10.1. The molecule has 1 aromatic rings. The molecule has 1 heterocycles. The topological polar surface area (TPSA) is 41.3 Å². The number of aryl methyl sites for hydroxylation is 2. The first kappa shape index (κ1) is 16.2. The summed E-state index contributed by atoms with van der Waals surface area (Å²) < 4.78 is 5.17. The van der Waals surface area contributed by atoms with Gasteiger partial charge in [0.2, 0.25) is 0 Å². The van der Waals surface area contributed by atoms with Gasteiger partial charge in [0, 0.05) is 18.2 Å². The van der Waals surface area contributed by atoms with E-state index in [-0.39, 0.29) is 0 Å². The second kappa shape index (κ2) is 8.33. The number of hydrogen-bond acceptors (Lipinski definition) is 4. The summed E-state index contributed by atoms with van der Waals surface area (Å²) in [6, 6.07) is 0.532. The maximum Gasteiger partial charge on any atom is 0.138 e. The number of nitrogens with zero attached hydrogens (tertiary/aromatic N) is 2. The van der Waals surface area contributed by atoms with Crippen LogP contribution in [-0.4, -0.2) is 35.7 Å². The molecular formula is C15H29N3O. The fraction of sp³-hybridized carbons (Fsp3) is 0.800. The summed E-state index contributed by atoms with van der Waals surface area (Å²) in [5.74, 6) is 0.931. The van der Waals surface area contributed by atoms with Crippen molar-refractivity contribution >= 4 is 0 Å². The molecule has 0 aliphatic carbocycles. The fourth-order valence-electron chi connectivity index (χ4n) is 2.29. The Morgan fingerprint density at radius 1 is 1.26 bits per heavy atom. The zero-order valence-corrected chi connectivity index (χ0v) is 13.1. The highest BCUT2D eigenvalue weighted by atomic mass is 16.5. The Balaban J connectivity index is 2.23. The first-order valence-corrected chi connectivity index (χ1v) is 7.45. The van der Waals surface area contributed by atoms with Gasteiger partial charge in [-0.2, -0.15) is 0 Å². The van der Waals surface area contributed by atoms with E-state index in [1.165, 1.54) is 24.9 Å². The molecule has 1 rings (SSSR count). The SMILES string of the molecule is CCN(CC)CCCC(C)NCc1c(C)noc1C. The maximum atomic E-state index is 5.17. The third kappa shape index (κ3) is 5.33. The highest BCUT2D eigenvalue weighted by molar-refractivity contribution is 5.20. The molecule has 0 aliphatic heterocycles. The van der Waals surface area contributed by atoms with Crippen LogP contribution >= 0.6 is 0 Å². The van der Waals surface area contributed by atoms with Crippen LogP contribution in [0.15, 0.2) is 4.52 Å². The summed E-state index contributed by atoms with van der Waals surface area (Å²) in [6.07, 6.45) is 2.46. The molecule has 1 atom stereocenters. The number of hydrogen-bond donors (Lipinski definition) is 1. The number of nitrogens with one attached hydrogen (secondary N) is 1. The Morgan fingerprint density at radius 3 is 2.47 bits per heavy atom. The molecule has 0 fully saturated rings. The van der Waals surface area contributed by atoms with Crippen LogP contribution in [0.25, 0.3) is 0 Å². The molecule has 0 aliphatic rings. The van der Waals surface area contributed by atoms with Crippen LogP contribution in [0, 0.1) is 13.8 Å². The molecule has 1 aromatic heterocycles. The molecule has 4 heteroatoms. The first-order chi connectivity index (χ1) is 9.08. The van der Waals surface area contributed by atoms with E-state index in [2.05, 4.69) is 36.1 Å². The van der Waals surface area contributed by atoms with Gasteiger partial charge in [-0.05, 0) is 53.2 Å². The first-order valence-electron chi connectivity index (χ1n) is 7.45. The van der Waals surface area contributed by atoms with Gasteiger partial charge in [-0.15, -0.1) is 0 Å². The van der Waals surface area contributed by atoms with Crippen molar-refractivity contribution < 1.29 is 4.52 Å². The minimum atomic E-state index is 0.532. The van der Waals surface area contributed by atoms with Gasteiger partial charge in [0.1, 0.15) is 5.76 Å².